The number of nitrogens with zero attached hydrogens (tertiary/aromatic N) is 2. The maximum absolute atomic E-state index is 12.1. The number of aromatic amines is 1. The molecule has 9 heteroatoms. The summed E-state index contributed by atoms with van der Waals surface area (Å²) >= 11 is 8.73. The normalized spacial score (nSPS) is 10.6. The van der Waals surface area contributed by atoms with Crippen LogP contribution in [0.2, 0.25) is 5.15 Å². The Morgan fingerprint density at radius 1 is 1.40 bits per heavy atom. The van der Waals surface area contributed by atoms with Gasteiger partial charge in [0.2, 0.25) is 0 Å². The number of hydrogen-bond donors (Lipinski definition) is 1. The van der Waals surface area contributed by atoms with Crippen LogP contribution < -0.4 is 11.2 Å². The molecule has 0 atom stereocenters. The van der Waals surface area contributed by atoms with E-state index < -0.39 is 16.2 Å². The summed E-state index contributed by atoms with van der Waals surface area (Å²) in [5, 5.41) is 10.8. The van der Waals surface area contributed by atoms with Crippen LogP contribution in [-0.2, 0) is 0 Å². The molecule has 1 N–H and O–H groups in total. The minimum absolute atomic E-state index is 0.0529. The summed E-state index contributed by atoms with van der Waals surface area (Å²) in [5.41, 5.74) is -1.40. The van der Waals surface area contributed by atoms with Crippen LogP contribution in [0.3, 0.4) is 0 Å². The average molecular weight is 361 g/mol. The molecule has 20 heavy (non-hydrogen) atoms. The number of benzene rings is 1. The molecule has 0 radical (unpaired) electrons. The highest BCUT2D eigenvalue weighted by molar-refractivity contribution is 9.10. The number of H-pyrrole nitrogens is 1. The third-order valence-corrected chi connectivity index (χ3v) is 3.71. The molecule has 7 nitrogen and oxygen atoms in total. The van der Waals surface area contributed by atoms with Crippen molar-refractivity contribution in [2.45, 2.75) is 6.92 Å². The van der Waals surface area contributed by atoms with Crippen LogP contribution in [0.4, 0.5) is 5.69 Å². The number of aromatic nitrogens is 2. The van der Waals surface area contributed by atoms with Crippen molar-refractivity contribution in [2.75, 3.05) is 0 Å². The molecule has 0 saturated carbocycles. The van der Waals surface area contributed by atoms with Crippen LogP contribution in [0.5, 0.6) is 0 Å². The predicted octanol–water partition coefficient (Wildman–Crippen LogP) is 2.16. The van der Waals surface area contributed by atoms with Crippen molar-refractivity contribution in [2.24, 2.45) is 0 Å². The second kappa shape index (κ2) is 5.22. The number of hydrogen-bond acceptors (Lipinski definition) is 4. The number of rotatable bonds is 2. The van der Waals surface area contributed by atoms with E-state index in [1.807, 2.05) is 0 Å². The van der Waals surface area contributed by atoms with Crippen molar-refractivity contribution in [3.8, 4) is 5.69 Å². The van der Waals surface area contributed by atoms with Gasteiger partial charge < -0.3 is 0 Å². The van der Waals surface area contributed by atoms with Gasteiger partial charge in [-0.2, -0.15) is 0 Å². The summed E-state index contributed by atoms with van der Waals surface area (Å²) in [6.45, 7) is 1.45. The van der Waals surface area contributed by atoms with Gasteiger partial charge in [0.1, 0.15) is 5.15 Å². The standard InChI is InChI=1S/C11H7BrClN3O4/c1-5-9(13)14-11(18)15(10(5)17)6-2-3-7(12)8(4-6)16(19)20/h2-4H,1H3,(H,14,18). The molecular formula is C11H7BrClN3O4. The van der Waals surface area contributed by atoms with Crippen molar-refractivity contribution >= 4 is 33.2 Å². The Bertz CT molecular complexity index is 827. The first-order chi connectivity index (χ1) is 9.32. The zero-order valence-electron chi connectivity index (χ0n) is 10.0. The highest BCUT2D eigenvalue weighted by Gasteiger charge is 2.16. The lowest BCUT2D eigenvalue weighted by molar-refractivity contribution is -0.385. The number of nitro groups is 1. The molecule has 0 saturated heterocycles. The molecule has 0 fully saturated rings. The van der Waals surface area contributed by atoms with Crippen LogP contribution >= 0.6 is 27.5 Å². The predicted molar refractivity (Wildman–Crippen MR) is 76.8 cm³/mol. The van der Waals surface area contributed by atoms with E-state index in [1.54, 1.807) is 0 Å². The van der Waals surface area contributed by atoms with Gasteiger partial charge in [0.25, 0.3) is 11.2 Å². The first-order valence-electron chi connectivity index (χ1n) is 5.28. The van der Waals surface area contributed by atoms with Crippen LogP contribution in [0.15, 0.2) is 32.3 Å². The lowest BCUT2D eigenvalue weighted by atomic mass is 10.2. The first kappa shape index (κ1) is 14.5. The van der Waals surface area contributed by atoms with Crippen molar-refractivity contribution < 1.29 is 4.92 Å². The largest absolute Gasteiger partial charge is 0.334 e. The Morgan fingerprint density at radius 2 is 2.05 bits per heavy atom. The molecule has 1 aromatic carbocycles. The molecule has 0 aliphatic carbocycles. The van der Waals surface area contributed by atoms with Crippen LogP contribution in [0.25, 0.3) is 5.69 Å². The van der Waals surface area contributed by atoms with E-state index in [-0.39, 0.29) is 26.6 Å². The number of nitrogens with one attached hydrogen (secondary N) is 1. The molecule has 0 amide bonds. The lowest BCUT2D eigenvalue weighted by Crippen LogP contribution is -2.35. The molecule has 0 aliphatic rings. The zero-order chi connectivity index (χ0) is 15.0. The number of halogens is 2. The monoisotopic (exact) mass is 359 g/mol. The summed E-state index contributed by atoms with van der Waals surface area (Å²) < 4.78 is 1.04. The molecule has 0 spiro atoms. The number of nitro benzene ring substituents is 1. The fourth-order valence-corrected chi connectivity index (χ4v) is 2.16. The van der Waals surface area contributed by atoms with E-state index in [4.69, 9.17) is 11.6 Å². The zero-order valence-corrected chi connectivity index (χ0v) is 12.4. The summed E-state index contributed by atoms with van der Waals surface area (Å²) in [6.07, 6.45) is 0. The summed E-state index contributed by atoms with van der Waals surface area (Å²) in [6, 6.07) is 3.94. The molecule has 0 aliphatic heterocycles. The van der Waals surface area contributed by atoms with E-state index in [9.17, 15) is 19.7 Å². The van der Waals surface area contributed by atoms with Crippen molar-refractivity contribution in [1.29, 1.82) is 0 Å². The highest BCUT2D eigenvalue weighted by Crippen LogP contribution is 2.26. The van der Waals surface area contributed by atoms with E-state index in [1.165, 1.54) is 19.1 Å². The van der Waals surface area contributed by atoms with Gasteiger partial charge in [-0.25, -0.2) is 9.36 Å². The van der Waals surface area contributed by atoms with Gasteiger partial charge in [-0.1, -0.05) is 11.6 Å². The Morgan fingerprint density at radius 3 is 2.65 bits per heavy atom. The minimum Gasteiger partial charge on any atom is -0.297 e. The Labute approximate surface area is 125 Å². The SMILES string of the molecule is Cc1c(Cl)[nH]c(=O)n(-c2ccc(Br)c([N+](=O)[O-])c2)c1=O. The quantitative estimate of drug-likeness (QED) is 0.504. The van der Waals surface area contributed by atoms with Gasteiger partial charge in [-0.15, -0.1) is 0 Å². The molecule has 2 aromatic rings. The highest BCUT2D eigenvalue weighted by atomic mass is 79.9. The fraction of sp³-hybridized carbons (Fsp3) is 0.0909. The maximum atomic E-state index is 12.1. The lowest BCUT2D eigenvalue weighted by Gasteiger charge is -2.07. The third kappa shape index (κ3) is 2.39. The van der Waals surface area contributed by atoms with E-state index in [2.05, 4.69) is 20.9 Å². The van der Waals surface area contributed by atoms with E-state index in [0.717, 1.165) is 10.6 Å². The van der Waals surface area contributed by atoms with Gasteiger partial charge >= 0.3 is 5.69 Å². The van der Waals surface area contributed by atoms with Crippen LogP contribution in [0, 0.1) is 17.0 Å². The molecular weight excluding hydrogens is 353 g/mol. The van der Waals surface area contributed by atoms with Crippen molar-refractivity contribution in [1.82, 2.24) is 9.55 Å². The Kier molecular flexibility index (Phi) is 3.78. The van der Waals surface area contributed by atoms with E-state index >= 15 is 0 Å². The third-order valence-electron chi connectivity index (χ3n) is 2.66. The maximum Gasteiger partial charge on any atom is 0.334 e. The fourth-order valence-electron chi connectivity index (χ4n) is 1.61. The molecule has 0 unspecified atom stereocenters. The van der Waals surface area contributed by atoms with Crippen molar-refractivity contribution in [3.05, 3.63) is 64.3 Å². The van der Waals surface area contributed by atoms with Gasteiger partial charge in [-0.05, 0) is 35.0 Å². The van der Waals surface area contributed by atoms with Crippen molar-refractivity contribution in [3.63, 3.8) is 0 Å². The first-order valence-corrected chi connectivity index (χ1v) is 6.45. The van der Waals surface area contributed by atoms with Crippen LogP contribution in [0.1, 0.15) is 5.56 Å². The average Bonchev–Trinajstić information content (AvgIpc) is 2.37. The second-order valence-corrected chi connectivity index (χ2v) is 5.13. The van der Waals surface area contributed by atoms with E-state index in [0.29, 0.717) is 0 Å². The molecule has 104 valence electrons. The molecule has 1 aromatic heterocycles. The van der Waals surface area contributed by atoms with Crippen LogP contribution in [-0.4, -0.2) is 14.5 Å². The summed E-state index contributed by atoms with van der Waals surface area (Å²) in [4.78, 5) is 36.4. The summed E-state index contributed by atoms with van der Waals surface area (Å²) in [5.74, 6) is 0. The second-order valence-electron chi connectivity index (χ2n) is 3.90. The smallest absolute Gasteiger partial charge is 0.297 e. The van der Waals surface area contributed by atoms with Gasteiger partial charge in [0.05, 0.1) is 20.6 Å². The van der Waals surface area contributed by atoms with Gasteiger partial charge in [0, 0.05) is 6.07 Å². The molecule has 0 bridgehead atoms. The Balaban J connectivity index is 2.80. The Hall–Kier alpha value is -1.93. The molecule has 1 heterocycles. The minimum atomic E-state index is -0.762. The van der Waals surface area contributed by atoms with Gasteiger partial charge in [0.15, 0.2) is 0 Å². The summed E-state index contributed by atoms with van der Waals surface area (Å²) in [7, 11) is 0. The topological polar surface area (TPSA) is 98.0 Å². The van der Waals surface area contributed by atoms with Gasteiger partial charge in [-0.3, -0.25) is 19.9 Å². The molecule has 2 rings (SSSR count).